The van der Waals surface area contributed by atoms with Crippen LogP contribution in [0.1, 0.15) is 32.0 Å². The fourth-order valence-corrected chi connectivity index (χ4v) is 3.51. The summed E-state index contributed by atoms with van der Waals surface area (Å²) < 4.78 is 5.74. The van der Waals surface area contributed by atoms with Crippen molar-refractivity contribution in [3.05, 3.63) is 107 Å². The summed E-state index contributed by atoms with van der Waals surface area (Å²) in [7, 11) is 0. The Morgan fingerprint density at radius 3 is 2.21 bits per heavy atom. The molecule has 0 saturated heterocycles. The topological polar surface area (TPSA) is 83.4 Å². The zero-order chi connectivity index (χ0) is 24.1. The SMILES string of the molecule is Cc1ccc(-c2ccc(C(=O)NC(=S)Nc3cccc(NC(=O)c4ccccc4)c3)o2)cc1C. The molecule has 0 aliphatic rings. The minimum Gasteiger partial charge on any atom is -0.451 e. The molecule has 0 spiro atoms. The second-order valence-electron chi connectivity index (χ2n) is 7.77. The molecule has 0 bridgehead atoms. The molecule has 4 rings (SSSR count). The number of thiocarbonyl (C=S) groups is 1. The van der Waals surface area contributed by atoms with Crippen molar-refractivity contribution in [2.45, 2.75) is 13.8 Å². The smallest absolute Gasteiger partial charge is 0.293 e. The van der Waals surface area contributed by atoms with Gasteiger partial charge in [0, 0.05) is 22.5 Å². The van der Waals surface area contributed by atoms with Crippen molar-refractivity contribution in [3.8, 4) is 11.3 Å². The van der Waals surface area contributed by atoms with Gasteiger partial charge in [0.05, 0.1) is 0 Å². The van der Waals surface area contributed by atoms with Gasteiger partial charge in [-0.2, -0.15) is 0 Å². The van der Waals surface area contributed by atoms with Gasteiger partial charge in [-0.25, -0.2) is 0 Å². The van der Waals surface area contributed by atoms with Crippen molar-refractivity contribution >= 4 is 40.5 Å². The lowest BCUT2D eigenvalue weighted by Gasteiger charge is -2.11. The summed E-state index contributed by atoms with van der Waals surface area (Å²) in [6.07, 6.45) is 0. The van der Waals surface area contributed by atoms with Gasteiger partial charge >= 0.3 is 0 Å². The van der Waals surface area contributed by atoms with Crippen LogP contribution in [-0.2, 0) is 0 Å². The van der Waals surface area contributed by atoms with Crippen molar-refractivity contribution in [3.63, 3.8) is 0 Å². The Kier molecular flexibility index (Phi) is 6.85. The molecule has 1 heterocycles. The lowest BCUT2D eigenvalue weighted by atomic mass is 10.1. The maximum Gasteiger partial charge on any atom is 0.293 e. The Morgan fingerprint density at radius 1 is 0.735 bits per heavy atom. The van der Waals surface area contributed by atoms with Crippen LogP contribution in [0.25, 0.3) is 11.3 Å². The summed E-state index contributed by atoms with van der Waals surface area (Å²) >= 11 is 5.28. The number of aryl methyl sites for hydroxylation is 2. The maximum absolute atomic E-state index is 12.6. The van der Waals surface area contributed by atoms with Crippen molar-refractivity contribution in [1.29, 1.82) is 0 Å². The molecule has 0 unspecified atom stereocenters. The average Bonchev–Trinajstić information content (AvgIpc) is 3.32. The first kappa shape index (κ1) is 22.9. The van der Waals surface area contributed by atoms with E-state index >= 15 is 0 Å². The van der Waals surface area contributed by atoms with Gasteiger partial charge in [0.15, 0.2) is 10.9 Å². The van der Waals surface area contributed by atoms with Crippen LogP contribution in [0.4, 0.5) is 11.4 Å². The quantitative estimate of drug-likeness (QED) is 0.315. The Morgan fingerprint density at radius 2 is 1.47 bits per heavy atom. The number of carbonyl (C=O) groups is 2. The molecular weight excluding hydrogens is 446 g/mol. The van der Waals surface area contributed by atoms with Gasteiger partial charge in [0.1, 0.15) is 5.76 Å². The van der Waals surface area contributed by atoms with Crippen LogP contribution >= 0.6 is 12.2 Å². The predicted octanol–water partition coefficient (Wildman–Crippen LogP) is 5.94. The number of amides is 2. The van der Waals surface area contributed by atoms with E-state index in [2.05, 4.69) is 16.0 Å². The first-order valence-corrected chi connectivity index (χ1v) is 11.1. The molecule has 7 heteroatoms. The molecule has 0 atom stereocenters. The summed E-state index contributed by atoms with van der Waals surface area (Å²) in [5.41, 5.74) is 5.00. The lowest BCUT2D eigenvalue weighted by Crippen LogP contribution is -2.33. The number of furan rings is 1. The molecule has 4 aromatic rings. The Bertz CT molecular complexity index is 1360. The van der Waals surface area contributed by atoms with E-state index in [0.717, 1.165) is 11.1 Å². The molecule has 34 heavy (non-hydrogen) atoms. The van der Waals surface area contributed by atoms with Crippen LogP contribution in [0.15, 0.2) is 89.3 Å². The molecule has 0 aliphatic heterocycles. The number of carbonyl (C=O) groups excluding carboxylic acids is 2. The standard InChI is InChI=1S/C27H23N3O3S/c1-17-11-12-20(15-18(17)2)23-13-14-24(33-23)26(32)30-27(34)29-22-10-6-9-21(16-22)28-25(31)19-7-4-3-5-8-19/h3-16H,1-2H3,(H,28,31)(H2,29,30,32,34). The zero-order valence-corrected chi connectivity index (χ0v) is 19.5. The van der Waals surface area contributed by atoms with E-state index in [1.54, 1.807) is 60.7 Å². The van der Waals surface area contributed by atoms with Gasteiger partial charge in [-0.05, 0) is 85.7 Å². The van der Waals surface area contributed by atoms with E-state index in [1.165, 1.54) is 5.56 Å². The predicted molar refractivity (Wildman–Crippen MR) is 138 cm³/mol. The van der Waals surface area contributed by atoms with Crippen LogP contribution < -0.4 is 16.0 Å². The van der Waals surface area contributed by atoms with Crippen LogP contribution in [0, 0.1) is 13.8 Å². The van der Waals surface area contributed by atoms with Crippen molar-refractivity contribution in [1.82, 2.24) is 5.32 Å². The van der Waals surface area contributed by atoms with Gasteiger partial charge in [-0.1, -0.05) is 36.4 Å². The van der Waals surface area contributed by atoms with E-state index in [1.807, 2.05) is 38.1 Å². The highest BCUT2D eigenvalue weighted by Crippen LogP contribution is 2.24. The van der Waals surface area contributed by atoms with Crippen molar-refractivity contribution in [2.24, 2.45) is 0 Å². The summed E-state index contributed by atoms with van der Waals surface area (Å²) in [5.74, 6) is 0.0855. The molecule has 1 aromatic heterocycles. The fourth-order valence-electron chi connectivity index (χ4n) is 3.30. The molecule has 0 radical (unpaired) electrons. The monoisotopic (exact) mass is 469 g/mol. The summed E-state index contributed by atoms with van der Waals surface area (Å²) in [6, 6.07) is 25.3. The Labute approximate surface area is 203 Å². The minimum atomic E-state index is -0.457. The molecule has 0 fully saturated rings. The van der Waals surface area contributed by atoms with Gasteiger partial charge in [-0.15, -0.1) is 0 Å². The minimum absolute atomic E-state index is 0.112. The molecule has 170 valence electrons. The molecule has 2 amide bonds. The molecule has 3 aromatic carbocycles. The van der Waals surface area contributed by atoms with Gasteiger partial charge in [0.25, 0.3) is 11.8 Å². The third-order valence-electron chi connectivity index (χ3n) is 5.26. The number of nitrogens with one attached hydrogen (secondary N) is 3. The highest BCUT2D eigenvalue weighted by atomic mass is 32.1. The van der Waals surface area contributed by atoms with Crippen LogP contribution in [0.2, 0.25) is 0 Å². The summed E-state index contributed by atoms with van der Waals surface area (Å²) in [5, 5.41) is 8.52. The first-order chi connectivity index (χ1) is 16.4. The number of hydrogen-bond donors (Lipinski definition) is 3. The summed E-state index contributed by atoms with van der Waals surface area (Å²) in [6.45, 7) is 4.07. The fraction of sp³-hybridized carbons (Fsp3) is 0.0741. The van der Waals surface area contributed by atoms with Crippen LogP contribution in [0.5, 0.6) is 0 Å². The van der Waals surface area contributed by atoms with Crippen molar-refractivity contribution < 1.29 is 14.0 Å². The first-order valence-electron chi connectivity index (χ1n) is 10.7. The molecule has 3 N–H and O–H groups in total. The largest absolute Gasteiger partial charge is 0.451 e. The van der Waals surface area contributed by atoms with Gasteiger partial charge < -0.3 is 15.1 Å². The Balaban J connectivity index is 1.37. The molecule has 0 aliphatic carbocycles. The second-order valence-corrected chi connectivity index (χ2v) is 8.18. The summed E-state index contributed by atoms with van der Waals surface area (Å²) in [4.78, 5) is 25.0. The third-order valence-corrected chi connectivity index (χ3v) is 5.47. The van der Waals surface area contributed by atoms with E-state index in [0.29, 0.717) is 22.7 Å². The van der Waals surface area contributed by atoms with Crippen LogP contribution in [0.3, 0.4) is 0 Å². The maximum atomic E-state index is 12.6. The van der Waals surface area contributed by atoms with E-state index < -0.39 is 5.91 Å². The highest BCUT2D eigenvalue weighted by molar-refractivity contribution is 7.80. The zero-order valence-electron chi connectivity index (χ0n) is 18.7. The van der Waals surface area contributed by atoms with E-state index in [9.17, 15) is 9.59 Å². The van der Waals surface area contributed by atoms with Crippen molar-refractivity contribution in [2.75, 3.05) is 10.6 Å². The molecule has 6 nitrogen and oxygen atoms in total. The molecule has 0 saturated carbocycles. The number of anilines is 2. The lowest BCUT2D eigenvalue weighted by molar-refractivity contribution is 0.0950. The molecular formula is C27H23N3O3S. The Hall–Kier alpha value is -4.23. The normalized spacial score (nSPS) is 10.4. The van der Waals surface area contributed by atoms with Gasteiger partial charge in [0.2, 0.25) is 0 Å². The highest BCUT2D eigenvalue weighted by Gasteiger charge is 2.14. The average molecular weight is 470 g/mol. The number of hydrogen-bond acceptors (Lipinski definition) is 4. The second kappa shape index (κ2) is 10.1. The number of rotatable bonds is 5. The van der Waals surface area contributed by atoms with Crippen LogP contribution in [-0.4, -0.2) is 16.9 Å². The van der Waals surface area contributed by atoms with E-state index in [4.69, 9.17) is 16.6 Å². The third kappa shape index (κ3) is 5.57. The number of benzene rings is 3. The van der Waals surface area contributed by atoms with Gasteiger partial charge in [-0.3, -0.25) is 14.9 Å². The van der Waals surface area contributed by atoms with E-state index in [-0.39, 0.29) is 16.8 Å².